The van der Waals surface area contributed by atoms with E-state index in [1.807, 2.05) is 72.8 Å². The molecule has 0 atom stereocenters. The predicted molar refractivity (Wildman–Crippen MR) is 106 cm³/mol. The molecule has 1 aliphatic heterocycles. The fraction of sp³-hybridized carbons (Fsp3) is 0.0870. The van der Waals surface area contributed by atoms with Gasteiger partial charge in [-0.15, -0.1) is 0 Å². The fourth-order valence-corrected chi connectivity index (χ4v) is 2.92. The molecule has 0 fully saturated rings. The van der Waals surface area contributed by atoms with E-state index >= 15 is 0 Å². The van der Waals surface area contributed by atoms with Crippen molar-refractivity contribution in [1.29, 1.82) is 0 Å². The van der Waals surface area contributed by atoms with Crippen LogP contribution in [-0.2, 0) is 11.2 Å². The number of pyridine rings is 1. The largest absolute Gasteiger partial charge is 0.457 e. The summed E-state index contributed by atoms with van der Waals surface area (Å²) in [5.74, 6) is 1.56. The number of nitrogens with zero attached hydrogens (tertiary/aromatic N) is 2. The standard InChI is InChI=1S/C23H18N2O2/c26-23(14-17-6-5-13-24-16-17)22-12-11-21(25-22)18-7-4-10-20(15-18)27-19-8-2-1-3-9-19/h1-11,13,15-16H,12,14H2. The second kappa shape index (κ2) is 7.79. The SMILES string of the molecule is O=C(Cc1cccnc1)C1=NC(c2cccc(Oc3ccccc3)c2)=CC1. The number of para-hydroxylation sites is 1. The minimum Gasteiger partial charge on any atom is -0.457 e. The second-order valence-electron chi connectivity index (χ2n) is 6.26. The molecular formula is C23H18N2O2. The topological polar surface area (TPSA) is 51.5 Å². The molecule has 1 aliphatic rings. The highest BCUT2D eigenvalue weighted by Gasteiger charge is 2.18. The summed E-state index contributed by atoms with van der Waals surface area (Å²) in [5.41, 5.74) is 3.23. The third-order valence-corrected chi connectivity index (χ3v) is 4.26. The molecule has 0 unspecified atom stereocenters. The molecule has 2 aromatic carbocycles. The Morgan fingerprint density at radius 3 is 2.63 bits per heavy atom. The van der Waals surface area contributed by atoms with Gasteiger partial charge in [0.1, 0.15) is 11.5 Å². The van der Waals surface area contributed by atoms with Gasteiger partial charge in [0.2, 0.25) is 0 Å². The van der Waals surface area contributed by atoms with E-state index in [9.17, 15) is 4.79 Å². The zero-order valence-electron chi connectivity index (χ0n) is 14.7. The number of Topliss-reactive ketones (excluding diaryl/α,β-unsaturated/α-hetero) is 1. The molecule has 4 heteroatoms. The Labute approximate surface area is 157 Å². The van der Waals surface area contributed by atoms with E-state index in [-0.39, 0.29) is 5.78 Å². The third-order valence-electron chi connectivity index (χ3n) is 4.26. The Hall–Kier alpha value is -3.53. The molecule has 2 heterocycles. The molecule has 3 aromatic rings. The Morgan fingerprint density at radius 2 is 1.81 bits per heavy atom. The van der Waals surface area contributed by atoms with Crippen molar-refractivity contribution in [3.63, 3.8) is 0 Å². The van der Waals surface area contributed by atoms with Crippen molar-refractivity contribution in [2.45, 2.75) is 12.8 Å². The van der Waals surface area contributed by atoms with Crippen molar-refractivity contribution < 1.29 is 9.53 Å². The van der Waals surface area contributed by atoms with Gasteiger partial charge in [-0.3, -0.25) is 9.78 Å². The number of allylic oxidation sites excluding steroid dienone is 1. The van der Waals surface area contributed by atoms with Gasteiger partial charge in [-0.05, 0) is 35.9 Å². The zero-order chi connectivity index (χ0) is 18.5. The minimum atomic E-state index is 0.0333. The van der Waals surface area contributed by atoms with Crippen LogP contribution in [0.5, 0.6) is 11.5 Å². The summed E-state index contributed by atoms with van der Waals surface area (Å²) in [5, 5.41) is 0. The van der Waals surface area contributed by atoms with Crippen molar-refractivity contribution in [1.82, 2.24) is 4.98 Å². The first kappa shape index (κ1) is 16.9. The molecule has 132 valence electrons. The molecule has 4 rings (SSSR count). The average molecular weight is 354 g/mol. The molecule has 0 aliphatic carbocycles. The van der Waals surface area contributed by atoms with Crippen LogP contribution < -0.4 is 4.74 Å². The Balaban J connectivity index is 1.48. The van der Waals surface area contributed by atoms with E-state index < -0.39 is 0 Å². The van der Waals surface area contributed by atoms with Crippen LogP contribution in [0.4, 0.5) is 0 Å². The number of ether oxygens (including phenoxy) is 1. The lowest BCUT2D eigenvalue weighted by Crippen LogP contribution is -2.14. The summed E-state index contributed by atoms with van der Waals surface area (Å²) in [6, 6.07) is 21.1. The van der Waals surface area contributed by atoms with Crippen LogP contribution >= 0.6 is 0 Å². The number of aromatic nitrogens is 1. The monoisotopic (exact) mass is 354 g/mol. The van der Waals surface area contributed by atoms with Gasteiger partial charge in [0.25, 0.3) is 0 Å². The summed E-state index contributed by atoms with van der Waals surface area (Å²) in [4.78, 5) is 21.1. The van der Waals surface area contributed by atoms with Crippen molar-refractivity contribution in [3.8, 4) is 11.5 Å². The van der Waals surface area contributed by atoms with Gasteiger partial charge in [-0.25, -0.2) is 4.99 Å². The van der Waals surface area contributed by atoms with Crippen LogP contribution in [0.15, 0.2) is 90.2 Å². The maximum atomic E-state index is 12.5. The lowest BCUT2D eigenvalue weighted by molar-refractivity contribution is -0.112. The van der Waals surface area contributed by atoms with Crippen LogP contribution in [0.25, 0.3) is 5.70 Å². The lowest BCUT2D eigenvalue weighted by atomic mass is 10.1. The highest BCUT2D eigenvalue weighted by Crippen LogP contribution is 2.28. The number of rotatable bonds is 6. The van der Waals surface area contributed by atoms with Gasteiger partial charge >= 0.3 is 0 Å². The first-order valence-electron chi connectivity index (χ1n) is 8.81. The highest BCUT2D eigenvalue weighted by molar-refractivity contribution is 6.42. The van der Waals surface area contributed by atoms with Crippen LogP contribution in [0.1, 0.15) is 17.5 Å². The van der Waals surface area contributed by atoms with Crippen molar-refractivity contribution in [2.24, 2.45) is 4.99 Å². The van der Waals surface area contributed by atoms with Gasteiger partial charge < -0.3 is 4.74 Å². The normalized spacial score (nSPS) is 13.0. The van der Waals surface area contributed by atoms with Crippen molar-refractivity contribution >= 4 is 17.2 Å². The highest BCUT2D eigenvalue weighted by atomic mass is 16.5. The smallest absolute Gasteiger partial charge is 0.181 e. The van der Waals surface area contributed by atoms with E-state index in [0.29, 0.717) is 18.6 Å². The van der Waals surface area contributed by atoms with Gasteiger partial charge in [0, 0.05) is 30.8 Å². The first-order valence-corrected chi connectivity index (χ1v) is 8.81. The molecule has 0 saturated carbocycles. The molecule has 1 aromatic heterocycles. The molecule has 0 saturated heterocycles. The molecule has 27 heavy (non-hydrogen) atoms. The zero-order valence-corrected chi connectivity index (χ0v) is 14.7. The van der Waals surface area contributed by atoms with Gasteiger partial charge in [0.05, 0.1) is 11.4 Å². The Bertz CT molecular complexity index is 1010. The number of ketones is 1. The van der Waals surface area contributed by atoms with Crippen LogP contribution in [0.3, 0.4) is 0 Å². The summed E-state index contributed by atoms with van der Waals surface area (Å²) in [6.45, 7) is 0. The number of hydrogen-bond acceptors (Lipinski definition) is 4. The second-order valence-corrected chi connectivity index (χ2v) is 6.26. The van der Waals surface area contributed by atoms with Crippen LogP contribution in [0.2, 0.25) is 0 Å². The van der Waals surface area contributed by atoms with E-state index in [1.54, 1.807) is 12.4 Å². The minimum absolute atomic E-state index is 0.0333. The van der Waals surface area contributed by atoms with Gasteiger partial charge in [-0.1, -0.05) is 42.5 Å². The number of benzene rings is 2. The Morgan fingerprint density at radius 1 is 0.963 bits per heavy atom. The molecule has 0 radical (unpaired) electrons. The van der Waals surface area contributed by atoms with Gasteiger partial charge in [0.15, 0.2) is 5.78 Å². The number of carbonyl (C=O) groups excluding carboxylic acids is 1. The molecule has 4 nitrogen and oxygen atoms in total. The molecule has 0 N–H and O–H groups in total. The molecule has 0 amide bonds. The quantitative estimate of drug-likeness (QED) is 0.634. The summed E-state index contributed by atoms with van der Waals surface area (Å²) >= 11 is 0. The van der Waals surface area contributed by atoms with E-state index in [4.69, 9.17) is 4.74 Å². The van der Waals surface area contributed by atoms with Crippen molar-refractivity contribution in [2.75, 3.05) is 0 Å². The fourth-order valence-electron chi connectivity index (χ4n) is 2.92. The summed E-state index contributed by atoms with van der Waals surface area (Å²) in [6.07, 6.45) is 6.28. The number of carbonyl (C=O) groups is 1. The van der Waals surface area contributed by atoms with Crippen molar-refractivity contribution in [3.05, 3.63) is 96.3 Å². The summed E-state index contributed by atoms with van der Waals surface area (Å²) < 4.78 is 5.88. The van der Waals surface area contributed by atoms with E-state index in [0.717, 1.165) is 28.3 Å². The maximum Gasteiger partial charge on any atom is 0.181 e. The molecule has 0 bridgehead atoms. The number of aliphatic imine (C=N–C) groups is 1. The average Bonchev–Trinajstić information content (AvgIpc) is 3.20. The van der Waals surface area contributed by atoms with E-state index in [2.05, 4.69) is 9.98 Å². The Kier molecular flexibility index (Phi) is 4.88. The molecular weight excluding hydrogens is 336 g/mol. The van der Waals surface area contributed by atoms with Crippen LogP contribution in [-0.4, -0.2) is 16.5 Å². The maximum absolute atomic E-state index is 12.5. The third kappa shape index (κ3) is 4.18. The van der Waals surface area contributed by atoms with E-state index in [1.165, 1.54) is 0 Å². The van der Waals surface area contributed by atoms with Crippen LogP contribution in [0, 0.1) is 0 Å². The molecule has 0 spiro atoms. The predicted octanol–water partition coefficient (Wildman–Crippen LogP) is 4.87. The summed E-state index contributed by atoms with van der Waals surface area (Å²) in [7, 11) is 0. The van der Waals surface area contributed by atoms with Gasteiger partial charge in [-0.2, -0.15) is 0 Å². The number of hydrogen-bond donors (Lipinski definition) is 0. The lowest BCUT2D eigenvalue weighted by Gasteiger charge is -2.07. The first-order chi connectivity index (χ1) is 13.3.